The highest BCUT2D eigenvalue weighted by molar-refractivity contribution is 7.89. The van der Waals surface area contributed by atoms with Crippen molar-refractivity contribution in [1.29, 1.82) is 0 Å². The highest BCUT2D eigenvalue weighted by Crippen LogP contribution is 2.24. The molecule has 0 saturated carbocycles. The van der Waals surface area contributed by atoms with Crippen molar-refractivity contribution >= 4 is 31.7 Å². The predicted octanol–water partition coefficient (Wildman–Crippen LogP) is -0.907. The number of hydrogen-bond donors (Lipinski definition) is 2. The van der Waals surface area contributed by atoms with Crippen LogP contribution in [0.25, 0.3) is 0 Å². The van der Waals surface area contributed by atoms with Gasteiger partial charge < -0.3 is 14.6 Å². The van der Waals surface area contributed by atoms with Crippen LogP contribution in [0.3, 0.4) is 0 Å². The Morgan fingerprint density at radius 1 is 1.22 bits per heavy atom. The first-order valence-corrected chi connectivity index (χ1v) is 12.0. The quantitative estimate of drug-likeness (QED) is 0.580. The van der Waals surface area contributed by atoms with E-state index in [9.17, 15) is 26.4 Å². The smallest absolute Gasteiger partial charge is 0.289 e. The molecule has 1 atom stereocenters. The molecule has 2 N–H and O–H groups in total. The Kier molecular flexibility index (Phi) is 5.74. The van der Waals surface area contributed by atoms with E-state index in [0.29, 0.717) is 0 Å². The van der Waals surface area contributed by atoms with Crippen LogP contribution in [0.5, 0.6) is 0 Å². The second-order valence-corrected chi connectivity index (χ2v) is 11.1. The number of likely N-dealkylation sites (tertiary alicyclic amines) is 1. The largest absolute Gasteiger partial charge is 0.455 e. The summed E-state index contributed by atoms with van der Waals surface area (Å²) in [6.07, 6.45) is 2.03. The summed E-state index contributed by atoms with van der Waals surface area (Å²) in [5.41, 5.74) is -0.692. The molecule has 1 aromatic rings. The van der Waals surface area contributed by atoms with Gasteiger partial charge in [0.15, 0.2) is 15.6 Å². The Bertz CT molecular complexity index is 944. The molecule has 1 aliphatic rings. The van der Waals surface area contributed by atoms with Gasteiger partial charge in [0.05, 0.1) is 17.8 Å². The number of amides is 2. The summed E-state index contributed by atoms with van der Waals surface area (Å²) in [5.74, 6) is -1.00. The van der Waals surface area contributed by atoms with Gasteiger partial charge in [0.25, 0.3) is 5.91 Å². The van der Waals surface area contributed by atoms with Gasteiger partial charge in [-0.15, -0.1) is 0 Å². The number of furan rings is 1. The molecule has 152 valence electrons. The van der Waals surface area contributed by atoms with E-state index in [-0.39, 0.29) is 30.4 Å². The fraction of sp³-hybridized carbons (Fsp3) is 0.600. The summed E-state index contributed by atoms with van der Waals surface area (Å²) in [5, 5.41) is 2.72. The minimum Gasteiger partial charge on any atom is -0.455 e. The van der Waals surface area contributed by atoms with E-state index in [1.54, 1.807) is 6.92 Å². The number of nitrogens with zero attached hydrogens (tertiary/aromatic N) is 1. The summed E-state index contributed by atoms with van der Waals surface area (Å²) < 4.78 is 52.4. The van der Waals surface area contributed by atoms with Crippen molar-refractivity contribution in [3.8, 4) is 0 Å². The lowest BCUT2D eigenvalue weighted by Crippen LogP contribution is -2.71. The monoisotopic (exact) mass is 421 g/mol. The number of nitrogens with one attached hydrogen (secondary N) is 2. The van der Waals surface area contributed by atoms with Crippen molar-refractivity contribution in [2.45, 2.75) is 31.2 Å². The van der Waals surface area contributed by atoms with Crippen LogP contribution in [0.1, 0.15) is 30.2 Å². The highest BCUT2D eigenvalue weighted by Gasteiger charge is 2.44. The highest BCUT2D eigenvalue weighted by atomic mass is 32.2. The maximum absolute atomic E-state index is 12.4. The number of sulfone groups is 1. The van der Waals surface area contributed by atoms with Crippen LogP contribution in [0.15, 0.2) is 16.5 Å². The predicted molar refractivity (Wildman–Crippen MR) is 97.1 cm³/mol. The maximum Gasteiger partial charge on any atom is 0.289 e. The van der Waals surface area contributed by atoms with Crippen molar-refractivity contribution in [1.82, 2.24) is 14.9 Å². The zero-order chi connectivity index (χ0) is 20.6. The normalized spacial score (nSPS) is 17.9. The van der Waals surface area contributed by atoms with E-state index in [4.69, 9.17) is 4.42 Å². The molecule has 2 rings (SSSR count). The molecule has 2 amide bonds. The van der Waals surface area contributed by atoms with E-state index >= 15 is 0 Å². The van der Waals surface area contributed by atoms with E-state index in [2.05, 4.69) is 10.0 Å². The average Bonchev–Trinajstić information content (AvgIpc) is 2.88. The molecule has 10 nitrogen and oxygen atoms in total. The average molecular weight is 421 g/mol. The van der Waals surface area contributed by atoms with Crippen LogP contribution < -0.4 is 10.0 Å². The first-order valence-electron chi connectivity index (χ1n) is 8.02. The molecule has 1 fully saturated rings. The van der Waals surface area contributed by atoms with Gasteiger partial charge in [-0.3, -0.25) is 9.59 Å². The molecular weight excluding hydrogens is 398 g/mol. The number of carbonyl (C=O) groups is 2. The van der Waals surface area contributed by atoms with Crippen LogP contribution in [0.4, 0.5) is 0 Å². The van der Waals surface area contributed by atoms with Gasteiger partial charge in [-0.1, -0.05) is 0 Å². The minimum absolute atomic E-state index is 0.0223. The lowest BCUT2D eigenvalue weighted by Gasteiger charge is -2.48. The van der Waals surface area contributed by atoms with E-state index < -0.39 is 43.3 Å². The molecule has 12 heteroatoms. The summed E-state index contributed by atoms with van der Waals surface area (Å²) in [4.78, 5) is 25.9. The van der Waals surface area contributed by atoms with Crippen LogP contribution >= 0.6 is 0 Å². The second kappa shape index (κ2) is 7.24. The minimum atomic E-state index is -3.51. The molecule has 0 radical (unpaired) electrons. The molecule has 1 saturated heterocycles. The molecule has 1 aliphatic heterocycles. The fourth-order valence-electron chi connectivity index (χ4n) is 2.78. The van der Waals surface area contributed by atoms with Gasteiger partial charge in [0, 0.05) is 19.3 Å². The van der Waals surface area contributed by atoms with Gasteiger partial charge in [0.1, 0.15) is 11.5 Å². The first-order chi connectivity index (χ1) is 12.2. The lowest BCUT2D eigenvalue weighted by atomic mass is 9.91. The number of hydrogen-bond acceptors (Lipinski definition) is 7. The van der Waals surface area contributed by atoms with Crippen molar-refractivity contribution in [3.63, 3.8) is 0 Å². The fourth-order valence-corrected chi connectivity index (χ4v) is 4.21. The molecule has 2 heterocycles. The molecule has 27 heavy (non-hydrogen) atoms. The topological polar surface area (TPSA) is 143 Å². The van der Waals surface area contributed by atoms with Gasteiger partial charge in [-0.05, 0) is 26.0 Å². The second-order valence-electron chi connectivity index (χ2n) is 7.16. The molecule has 0 aliphatic carbocycles. The maximum atomic E-state index is 12.4. The number of rotatable bonds is 7. The Hall–Kier alpha value is -1.92. The zero-order valence-electron chi connectivity index (χ0n) is 15.5. The van der Waals surface area contributed by atoms with Crippen LogP contribution in [-0.4, -0.2) is 70.7 Å². The Labute approximate surface area is 158 Å². The van der Waals surface area contributed by atoms with E-state index in [1.807, 2.05) is 0 Å². The summed E-state index contributed by atoms with van der Waals surface area (Å²) in [6, 6.07) is 1.91. The Morgan fingerprint density at radius 3 is 2.33 bits per heavy atom. The zero-order valence-corrected chi connectivity index (χ0v) is 17.1. The van der Waals surface area contributed by atoms with Crippen molar-refractivity contribution in [2.75, 3.05) is 25.6 Å². The third-order valence-corrected chi connectivity index (χ3v) is 5.44. The molecular formula is C15H23N3O7S2. The Morgan fingerprint density at radius 2 is 1.81 bits per heavy atom. The standard InChI is InChI=1S/C15H23N3O7S2/c1-10(17-27(4,23)24)13(19)16-15(2)8-18(9-15)14(20)12-6-5-11(25-12)7-26(3,21)22/h5-6,10,17H,7-9H2,1-4H3,(H,16,19). The lowest BCUT2D eigenvalue weighted by molar-refractivity contribution is -0.126. The third kappa shape index (κ3) is 6.04. The third-order valence-electron chi connectivity index (χ3n) is 3.85. The molecule has 0 bridgehead atoms. The summed E-state index contributed by atoms with van der Waals surface area (Å²) in [7, 11) is -6.78. The summed E-state index contributed by atoms with van der Waals surface area (Å²) >= 11 is 0. The summed E-state index contributed by atoms with van der Waals surface area (Å²) in [6.45, 7) is 3.59. The van der Waals surface area contributed by atoms with Gasteiger partial charge >= 0.3 is 0 Å². The number of carbonyl (C=O) groups excluding carboxylic acids is 2. The van der Waals surface area contributed by atoms with Crippen LogP contribution in [0, 0.1) is 0 Å². The first kappa shape index (κ1) is 21.4. The molecule has 0 aromatic carbocycles. The molecule has 0 spiro atoms. The Balaban J connectivity index is 1.92. The molecule has 1 aromatic heterocycles. The van der Waals surface area contributed by atoms with Gasteiger partial charge in [-0.25, -0.2) is 21.6 Å². The van der Waals surface area contributed by atoms with Gasteiger partial charge in [-0.2, -0.15) is 0 Å². The SMILES string of the molecule is CC(NS(C)(=O)=O)C(=O)NC1(C)CN(C(=O)c2ccc(CS(C)(=O)=O)o2)C1. The van der Waals surface area contributed by atoms with E-state index in [1.165, 1.54) is 24.0 Å². The van der Waals surface area contributed by atoms with Crippen LogP contribution in [-0.2, 0) is 30.4 Å². The van der Waals surface area contributed by atoms with Crippen molar-refractivity contribution in [3.05, 3.63) is 23.7 Å². The molecule has 1 unspecified atom stereocenters. The van der Waals surface area contributed by atoms with Crippen molar-refractivity contribution in [2.24, 2.45) is 0 Å². The van der Waals surface area contributed by atoms with Gasteiger partial charge in [0.2, 0.25) is 15.9 Å². The van der Waals surface area contributed by atoms with Crippen LogP contribution in [0.2, 0.25) is 0 Å². The van der Waals surface area contributed by atoms with Crippen molar-refractivity contribution < 1.29 is 30.8 Å². The number of sulfonamides is 1. The van der Waals surface area contributed by atoms with E-state index in [0.717, 1.165) is 12.5 Å².